The van der Waals surface area contributed by atoms with Gasteiger partial charge in [0.2, 0.25) is 0 Å². The maximum absolute atomic E-state index is 12.6. The first-order chi connectivity index (χ1) is 12.9. The second-order valence-electron chi connectivity index (χ2n) is 6.74. The van der Waals surface area contributed by atoms with Crippen molar-refractivity contribution in [1.29, 1.82) is 0 Å². The number of hydrogen-bond acceptors (Lipinski definition) is 4. The van der Waals surface area contributed by atoms with Crippen molar-refractivity contribution in [3.05, 3.63) is 71.5 Å². The molecule has 1 N–H and O–H groups in total. The average Bonchev–Trinajstić information content (AvgIpc) is 3.09. The van der Waals surface area contributed by atoms with Gasteiger partial charge >= 0.3 is 0 Å². The van der Waals surface area contributed by atoms with Crippen molar-refractivity contribution < 1.29 is 8.42 Å². The van der Waals surface area contributed by atoms with Crippen LogP contribution in [0.3, 0.4) is 0 Å². The Hall–Kier alpha value is -2.67. The lowest BCUT2D eigenvalue weighted by Gasteiger charge is -2.10. The number of hydrogen-bond donors (Lipinski definition) is 1. The van der Waals surface area contributed by atoms with Gasteiger partial charge in [-0.25, -0.2) is 17.8 Å². The molecule has 0 aliphatic carbocycles. The molecular weight excluding hydrogens is 360 g/mol. The van der Waals surface area contributed by atoms with E-state index in [2.05, 4.69) is 28.7 Å². The highest BCUT2D eigenvalue weighted by Crippen LogP contribution is 2.21. The molecule has 1 atom stereocenters. The molecule has 0 amide bonds. The highest BCUT2D eigenvalue weighted by molar-refractivity contribution is 7.92. The average molecular weight is 385 g/mol. The molecule has 0 aliphatic heterocycles. The highest BCUT2D eigenvalue weighted by atomic mass is 32.2. The van der Waals surface area contributed by atoms with Crippen molar-refractivity contribution in [1.82, 2.24) is 14.8 Å². The zero-order valence-electron chi connectivity index (χ0n) is 15.8. The lowest BCUT2D eigenvalue weighted by atomic mass is 9.99. The summed E-state index contributed by atoms with van der Waals surface area (Å²) in [5.41, 5.74) is 3.38. The van der Waals surface area contributed by atoms with E-state index in [-0.39, 0.29) is 10.8 Å². The molecular formula is C20H24N4O2S. The maximum atomic E-state index is 12.6. The molecule has 0 fully saturated rings. The smallest absolute Gasteiger partial charge is 0.246 e. The Kier molecular flexibility index (Phi) is 5.60. The molecule has 142 valence electrons. The monoisotopic (exact) mass is 384 g/mol. The van der Waals surface area contributed by atoms with Gasteiger partial charge in [0.05, 0.1) is 11.4 Å². The van der Waals surface area contributed by atoms with Crippen LogP contribution in [0.15, 0.2) is 59.8 Å². The van der Waals surface area contributed by atoms with E-state index in [4.69, 9.17) is 0 Å². The highest BCUT2D eigenvalue weighted by Gasteiger charge is 2.17. The summed E-state index contributed by atoms with van der Waals surface area (Å²) in [6.45, 7) is 6.78. The maximum Gasteiger partial charge on any atom is 0.264 e. The van der Waals surface area contributed by atoms with E-state index in [1.54, 1.807) is 16.8 Å². The molecule has 0 bridgehead atoms. The van der Waals surface area contributed by atoms with Gasteiger partial charge in [-0.3, -0.25) is 0 Å². The molecule has 0 spiro atoms. The number of nitrogens with zero attached hydrogens (tertiary/aromatic N) is 3. The molecule has 0 radical (unpaired) electrons. The largest absolute Gasteiger partial charge is 0.264 e. The van der Waals surface area contributed by atoms with Crippen LogP contribution in [0.4, 0.5) is 5.95 Å². The normalized spacial score (nSPS) is 12.7. The van der Waals surface area contributed by atoms with Gasteiger partial charge in [-0.05, 0) is 42.5 Å². The molecule has 6 nitrogen and oxygen atoms in total. The molecule has 2 aromatic carbocycles. The molecule has 0 saturated heterocycles. The summed E-state index contributed by atoms with van der Waals surface area (Å²) in [5, 5.41) is 4.21. The van der Waals surface area contributed by atoms with Crippen LogP contribution in [0.5, 0.6) is 0 Å². The van der Waals surface area contributed by atoms with Gasteiger partial charge in [-0.15, -0.1) is 5.10 Å². The number of anilines is 1. The van der Waals surface area contributed by atoms with Crippen molar-refractivity contribution in [3.8, 4) is 0 Å². The van der Waals surface area contributed by atoms with Gasteiger partial charge < -0.3 is 0 Å². The minimum Gasteiger partial charge on any atom is -0.246 e. The molecule has 1 unspecified atom stereocenters. The van der Waals surface area contributed by atoms with E-state index in [9.17, 15) is 8.42 Å². The Bertz CT molecular complexity index is 993. The molecule has 1 aromatic heterocycles. The SMILES string of the molecule is CCC(C)c1ccc(S(=O)(=O)Nc2ncn(Cc3ccc(C)cc3)n2)cc1. The fourth-order valence-electron chi connectivity index (χ4n) is 2.69. The third kappa shape index (κ3) is 4.74. The van der Waals surface area contributed by atoms with E-state index in [1.165, 1.54) is 11.9 Å². The van der Waals surface area contributed by atoms with Crippen LogP contribution in [0.1, 0.15) is 42.9 Å². The van der Waals surface area contributed by atoms with Gasteiger partial charge in [0.1, 0.15) is 6.33 Å². The Labute approximate surface area is 160 Å². The lowest BCUT2D eigenvalue weighted by molar-refractivity contribution is 0.600. The van der Waals surface area contributed by atoms with Gasteiger partial charge in [0.25, 0.3) is 16.0 Å². The zero-order valence-corrected chi connectivity index (χ0v) is 16.6. The number of aryl methyl sites for hydroxylation is 1. The predicted molar refractivity (Wildman–Crippen MR) is 106 cm³/mol. The fourth-order valence-corrected chi connectivity index (χ4v) is 3.63. The van der Waals surface area contributed by atoms with Crippen molar-refractivity contribution in [2.45, 2.75) is 44.6 Å². The number of aromatic nitrogens is 3. The Balaban J connectivity index is 1.70. The van der Waals surface area contributed by atoms with Gasteiger partial charge in [-0.2, -0.15) is 4.98 Å². The Morgan fingerprint density at radius 2 is 1.74 bits per heavy atom. The minimum atomic E-state index is -3.72. The fraction of sp³-hybridized carbons (Fsp3) is 0.300. The van der Waals surface area contributed by atoms with Crippen LogP contribution in [-0.4, -0.2) is 23.2 Å². The predicted octanol–water partition coefficient (Wildman–Crippen LogP) is 3.95. The number of rotatable bonds is 7. The summed E-state index contributed by atoms with van der Waals surface area (Å²) in [6, 6.07) is 15.0. The summed E-state index contributed by atoms with van der Waals surface area (Å²) >= 11 is 0. The molecule has 3 rings (SSSR count). The first-order valence-electron chi connectivity index (χ1n) is 8.95. The molecule has 0 aliphatic rings. The van der Waals surface area contributed by atoms with E-state index >= 15 is 0 Å². The van der Waals surface area contributed by atoms with Gasteiger partial charge in [0.15, 0.2) is 0 Å². The molecule has 7 heteroatoms. The summed E-state index contributed by atoms with van der Waals surface area (Å²) in [5.74, 6) is 0.460. The lowest BCUT2D eigenvalue weighted by Crippen LogP contribution is -2.14. The summed E-state index contributed by atoms with van der Waals surface area (Å²) < 4.78 is 29.2. The van der Waals surface area contributed by atoms with E-state index < -0.39 is 10.0 Å². The van der Waals surface area contributed by atoms with Crippen LogP contribution in [0, 0.1) is 6.92 Å². The zero-order chi connectivity index (χ0) is 19.4. The van der Waals surface area contributed by atoms with Crippen molar-refractivity contribution >= 4 is 16.0 Å². The first kappa shape index (κ1) is 19.1. The summed E-state index contributed by atoms with van der Waals surface area (Å²) in [6.07, 6.45) is 2.52. The van der Waals surface area contributed by atoms with Crippen molar-refractivity contribution in [3.63, 3.8) is 0 Å². The van der Waals surface area contributed by atoms with Crippen molar-refractivity contribution in [2.24, 2.45) is 0 Å². The second-order valence-corrected chi connectivity index (χ2v) is 8.42. The third-order valence-corrected chi connectivity index (χ3v) is 5.94. The van der Waals surface area contributed by atoms with Crippen LogP contribution < -0.4 is 4.72 Å². The van der Waals surface area contributed by atoms with Gasteiger partial charge in [-0.1, -0.05) is 55.8 Å². The first-order valence-corrected chi connectivity index (χ1v) is 10.4. The molecule has 0 saturated carbocycles. The molecule has 1 heterocycles. The minimum absolute atomic E-state index is 0.0631. The van der Waals surface area contributed by atoms with E-state index in [0.29, 0.717) is 12.5 Å². The van der Waals surface area contributed by atoms with Crippen LogP contribution in [0.2, 0.25) is 0 Å². The van der Waals surface area contributed by atoms with Gasteiger partial charge in [0, 0.05) is 0 Å². The van der Waals surface area contributed by atoms with Crippen LogP contribution in [0.25, 0.3) is 0 Å². The number of benzene rings is 2. The van der Waals surface area contributed by atoms with E-state index in [0.717, 1.165) is 17.5 Å². The van der Waals surface area contributed by atoms with E-state index in [1.807, 2.05) is 43.3 Å². The summed E-state index contributed by atoms with van der Waals surface area (Å²) in [4.78, 5) is 4.26. The summed E-state index contributed by atoms with van der Waals surface area (Å²) in [7, 11) is -3.72. The van der Waals surface area contributed by atoms with Crippen molar-refractivity contribution in [2.75, 3.05) is 4.72 Å². The van der Waals surface area contributed by atoms with Crippen LogP contribution >= 0.6 is 0 Å². The Morgan fingerprint density at radius 1 is 1.07 bits per heavy atom. The number of nitrogens with one attached hydrogen (secondary N) is 1. The standard InChI is InChI=1S/C20H24N4O2S/c1-4-16(3)18-9-11-19(12-10-18)27(25,26)23-20-21-14-24(22-20)13-17-7-5-15(2)6-8-17/h5-12,14,16H,4,13H2,1-3H3,(H,22,23). The third-order valence-electron chi connectivity index (χ3n) is 4.60. The van der Waals surface area contributed by atoms with Crippen LogP contribution in [-0.2, 0) is 16.6 Å². The quantitative estimate of drug-likeness (QED) is 0.669. The number of sulfonamides is 1. The Morgan fingerprint density at radius 3 is 2.37 bits per heavy atom. The second kappa shape index (κ2) is 7.92. The topological polar surface area (TPSA) is 76.9 Å². The molecule has 3 aromatic rings. The molecule has 27 heavy (non-hydrogen) atoms.